The van der Waals surface area contributed by atoms with Gasteiger partial charge in [-0.05, 0) is 23.6 Å². The summed E-state index contributed by atoms with van der Waals surface area (Å²) in [5, 5.41) is 8.79. The first-order chi connectivity index (χ1) is 9.51. The highest BCUT2D eigenvalue weighted by Gasteiger charge is 2.12. The lowest BCUT2D eigenvalue weighted by Gasteiger charge is -2.11. The maximum Gasteiger partial charge on any atom is 0.323 e. The molecule has 2 aromatic rings. The van der Waals surface area contributed by atoms with Gasteiger partial charge in [-0.1, -0.05) is 19.9 Å². The Hall–Kier alpha value is -2.30. The molecule has 5 nitrogen and oxygen atoms in total. The second-order valence-corrected chi connectivity index (χ2v) is 4.94. The zero-order chi connectivity index (χ0) is 14.7. The summed E-state index contributed by atoms with van der Waals surface area (Å²) in [6, 6.07) is 5.99. The topological polar surface area (TPSA) is 64.3 Å². The van der Waals surface area contributed by atoms with Crippen molar-refractivity contribution < 1.29 is 14.6 Å². The van der Waals surface area contributed by atoms with Crippen LogP contribution in [0.25, 0.3) is 11.3 Å². The highest BCUT2D eigenvalue weighted by Crippen LogP contribution is 2.31. The van der Waals surface area contributed by atoms with E-state index in [1.54, 1.807) is 17.9 Å². The van der Waals surface area contributed by atoms with Crippen LogP contribution in [-0.2, 0) is 11.3 Å². The molecule has 0 spiro atoms. The molecule has 0 aliphatic heterocycles. The van der Waals surface area contributed by atoms with E-state index in [1.807, 2.05) is 18.2 Å². The van der Waals surface area contributed by atoms with Gasteiger partial charge >= 0.3 is 5.97 Å². The summed E-state index contributed by atoms with van der Waals surface area (Å²) < 4.78 is 6.90. The quantitative estimate of drug-likeness (QED) is 0.910. The van der Waals surface area contributed by atoms with Crippen LogP contribution in [-0.4, -0.2) is 27.7 Å². The second-order valence-electron chi connectivity index (χ2n) is 4.94. The molecule has 0 aliphatic carbocycles. The summed E-state index contributed by atoms with van der Waals surface area (Å²) in [5.74, 6) is 0.243. The van der Waals surface area contributed by atoms with Gasteiger partial charge < -0.3 is 14.4 Å². The van der Waals surface area contributed by atoms with Gasteiger partial charge in [-0.15, -0.1) is 0 Å². The Labute approximate surface area is 117 Å². The Kier molecular flexibility index (Phi) is 4.08. The third-order valence-electron chi connectivity index (χ3n) is 3.12. The molecule has 1 N–H and O–H groups in total. The van der Waals surface area contributed by atoms with Crippen molar-refractivity contribution in [1.29, 1.82) is 0 Å². The van der Waals surface area contributed by atoms with Gasteiger partial charge in [0.25, 0.3) is 0 Å². The third kappa shape index (κ3) is 2.99. The molecule has 20 heavy (non-hydrogen) atoms. The van der Waals surface area contributed by atoms with Crippen LogP contribution in [0.5, 0.6) is 5.75 Å². The highest BCUT2D eigenvalue weighted by atomic mass is 16.5. The van der Waals surface area contributed by atoms with Crippen molar-refractivity contribution in [3.63, 3.8) is 0 Å². The SMILES string of the molecule is COc1ccc(C(C)C)cc1-c1cn(CC(=O)O)cn1. The van der Waals surface area contributed by atoms with Crippen molar-refractivity contribution in [3.8, 4) is 17.0 Å². The fraction of sp³-hybridized carbons (Fsp3) is 0.333. The Morgan fingerprint density at radius 1 is 1.45 bits per heavy atom. The number of carboxylic acids is 1. The first-order valence-corrected chi connectivity index (χ1v) is 6.43. The van der Waals surface area contributed by atoms with Gasteiger partial charge in [0, 0.05) is 11.8 Å². The molecule has 1 aromatic carbocycles. The summed E-state index contributed by atoms with van der Waals surface area (Å²) >= 11 is 0. The Balaban J connectivity index is 2.41. The number of ether oxygens (including phenoxy) is 1. The lowest BCUT2D eigenvalue weighted by atomic mass is 9.99. The van der Waals surface area contributed by atoms with Crippen LogP contribution >= 0.6 is 0 Å². The molecule has 0 saturated heterocycles. The molecule has 0 unspecified atom stereocenters. The Bertz CT molecular complexity index is 617. The van der Waals surface area contributed by atoms with E-state index in [-0.39, 0.29) is 6.54 Å². The van der Waals surface area contributed by atoms with E-state index < -0.39 is 5.97 Å². The molecule has 1 heterocycles. The maximum atomic E-state index is 10.7. The fourth-order valence-corrected chi connectivity index (χ4v) is 2.03. The molecule has 0 amide bonds. The number of hydrogen-bond donors (Lipinski definition) is 1. The van der Waals surface area contributed by atoms with Crippen LogP contribution in [0, 0.1) is 0 Å². The van der Waals surface area contributed by atoms with Crippen molar-refractivity contribution in [2.45, 2.75) is 26.3 Å². The number of aromatic nitrogens is 2. The number of aliphatic carboxylic acids is 1. The second kappa shape index (κ2) is 5.77. The smallest absolute Gasteiger partial charge is 0.323 e. The summed E-state index contributed by atoms with van der Waals surface area (Å²) in [6.07, 6.45) is 3.24. The summed E-state index contributed by atoms with van der Waals surface area (Å²) in [4.78, 5) is 15.0. The van der Waals surface area contributed by atoms with Gasteiger partial charge in [-0.3, -0.25) is 4.79 Å². The normalized spacial score (nSPS) is 10.8. The number of nitrogens with zero attached hydrogens (tertiary/aromatic N) is 2. The number of carbonyl (C=O) groups is 1. The number of imidazole rings is 1. The Morgan fingerprint density at radius 3 is 2.80 bits per heavy atom. The average molecular weight is 274 g/mol. The van der Waals surface area contributed by atoms with E-state index in [9.17, 15) is 4.79 Å². The number of benzene rings is 1. The van der Waals surface area contributed by atoms with E-state index in [2.05, 4.69) is 18.8 Å². The van der Waals surface area contributed by atoms with E-state index in [0.29, 0.717) is 11.6 Å². The lowest BCUT2D eigenvalue weighted by Crippen LogP contribution is -2.06. The fourth-order valence-electron chi connectivity index (χ4n) is 2.03. The van der Waals surface area contributed by atoms with Gasteiger partial charge in [0.05, 0.1) is 19.1 Å². The molecule has 0 atom stereocenters. The monoisotopic (exact) mass is 274 g/mol. The predicted molar refractivity (Wildman–Crippen MR) is 75.9 cm³/mol. The van der Waals surface area contributed by atoms with Gasteiger partial charge in [-0.25, -0.2) is 4.98 Å². The molecule has 5 heteroatoms. The van der Waals surface area contributed by atoms with Crippen molar-refractivity contribution in [1.82, 2.24) is 9.55 Å². The average Bonchev–Trinajstić information content (AvgIpc) is 2.85. The first-order valence-electron chi connectivity index (χ1n) is 6.43. The zero-order valence-corrected chi connectivity index (χ0v) is 11.8. The van der Waals surface area contributed by atoms with E-state index in [1.165, 1.54) is 11.9 Å². The minimum atomic E-state index is -0.892. The van der Waals surface area contributed by atoms with E-state index >= 15 is 0 Å². The highest BCUT2D eigenvalue weighted by molar-refractivity contribution is 5.69. The Morgan fingerprint density at radius 2 is 2.20 bits per heavy atom. The van der Waals surface area contributed by atoms with E-state index in [4.69, 9.17) is 9.84 Å². The molecule has 2 rings (SSSR count). The molecule has 0 fully saturated rings. The standard InChI is InChI=1S/C15H18N2O3/c1-10(2)11-4-5-14(20-3)12(6-11)13-7-17(9-16-13)8-15(18)19/h4-7,9-10H,8H2,1-3H3,(H,18,19). The van der Waals surface area contributed by atoms with E-state index in [0.717, 1.165) is 11.3 Å². The van der Waals surface area contributed by atoms with Gasteiger partial charge in [0.15, 0.2) is 0 Å². The number of rotatable bonds is 5. The largest absolute Gasteiger partial charge is 0.496 e. The number of methoxy groups -OCH3 is 1. The number of hydrogen-bond acceptors (Lipinski definition) is 3. The van der Waals surface area contributed by atoms with Crippen LogP contribution in [0.3, 0.4) is 0 Å². The van der Waals surface area contributed by atoms with Gasteiger partial charge in [0.1, 0.15) is 12.3 Å². The molecule has 106 valence electrons. The molecule has 0 radical (unpaired) electrons. The van der Waals surface area contributed by atoms with Crippen LogP contribution < -0.4 is 4.74 Å². The van der Waals surface area contributed by atoms with Crippen molar-refractivity contribution in [3.05, 3.63) is 36.3 Å². The molecular formula is C15H18N2O3. The van der Waals surface area contributed by atoms with Gasteiger partial charge in [-0.2, -0.15) is 0 Å². The van der Waals surface area contributed by atoms with Crippen molar-refractivity contribution in [2.75, 3.05) is 7.11 Å². The first kappa shape index (κ1) is 14.1. The van der Waals surface area contributed by atoms with Crippen LogP contribution in [0.4, 0.5) is 0 Å². The van der Waals surface area contributed by atoms with Crippen molar-refractivity contribution in [2.24, 2.45) is 0 Å². The molecular weight excluding hydrogens is 256 g/mol. The minimum absolute atomic E-state index is 0.0980. The van der Waals surface area contributed by atoms with Crippen molar-refractivity contribution >= 4 is 5.97 Å². The summed E-state index contributed by atoms with van der Waals surface area (Å²) in [6.45, 7) is 4.14. The lowest BCUT2D eigenvalue weighted by molar-refractivity contribution is -0.137. The molecule has 0 saturated carbocycles. The summed E-state index contributed by atoms with van der Waals surface area (Å²) in [5.41, 5.74) is 2.78. The molecule has 1 aromatic heterocycles. The molecule has 0 aliphatic rings. The maximum absolute atomic E-state index is 10.7. The minimum Gasteiger partial charge on any atom is -0.496 e. The van der Waals surface area contributed by atoms with Crippen LogP contribution in [0.15, 0.2) is 30.7 Å². The third-order valence-corrected chi connectivity index (χ3v) is 3.12. The molecule has 0 bridgehead atoms. The van der Waals surface area contributed by atoms with Gasteiger partial charge in [0.2, 0.25) is 0 Å². The van der Waals surface area contributed by atoms with Crippen LogP contribution in [0.1, 0.15) is 25.3 Å². The zero-order valence-electron chi connectivity index (χ0n) is 11.8. The number of carboxylic acid groups (broad SMARTS) is 1. The summed E-state index contributed by atoms with van der Waals surface area (Å²) in [7, 11) is 1.61. The predicted octanol–water partition coefficient (Wildman–Crippen LogP) is 2.77. The van der Waals surface area contributed by atoms with Crippen LogP contribution in [0.2, 0.25) is 0 Å².